The van der Waals surface area contributed by atoms with Crippen molar-refractivity contribution < 1.29 is 31.4 Å². The van der Waals surface area contributed by atoms with Gasteiger partial charge in [-0.2, -0.15) is 26.3 Å². The van der Waals surface area contributed by atoms with Gasteiger partial charge in [-0.05, 0) is 24.6 Å². The summed E-state index contributed by atoms with van der Waals surface area (Å²) in [5.74, 6) is 0. The molecule has 1 unspecified atom stereocenters. The molecule has 0 spiro atoms. The summed E-state index contributed by atoms with van der Waals surface area (Å²) in [6.07, 6.45) is -11.5. The predicted octanol–water partition coefficient (Wildman–Crippen LogP) is 3.78. The first-order chi connectivity index (χ1) is 7.53. The average Bonchev–Trinajstić information content (AvgIpc) is 2.14. The van der Waals surface area contributed by atoms with Crippen molar-refractivity contribution >= 4 is 0 Å². The zero-order valence-corrected chi connectivity index (χ0v) is 8.52. The van der Waals surface area contributed by atoms with E-state index in [1.165, 1.54) is 6.92 Å². The Bertz CT molecular complexity index is 404. The molecule has 0 radical (unpaired) electrons. The summed E-state index contributed by atoms with van der Waals surface area (Å²) >= 11 is 0. The van der Waals surface area contributed by atoms with Crippen molar-refractivity contribution in [2.45, 2.75) is 25.4 Å². The predicted molar refractivity (Wildman–Crippen MR) is 47.1 cm³/mol. The molecule has 96 valence electrons. The second-order valence-electron chi connectivity index (χ2n) is 3.48. The normalized spacial score (nSPS) is 14.8. The third-order valence-electron chi connectivity index (χ3n) is 2.14. The largest absolute Gasteiger partial charge is 0.417 e. The molecular formula is C10H8F6O. The van der Waals surface area contributed by atoms with Gasteiger partial charge in [0.25, 0.3) is 0 Å². The van der Waals surface area contributed by atoms with Crippen LogP contribution < -0.4 is 0 Å². The molecule has 1 aromatic rings. The van der Waals surface area contributed by atoms with Gasteiger partial charge in [-0.25, -0.2) is 0 Å². The molecule has 1 rings (SSSR count). The van der Waals surface area contributed by atoms with Crippen LogP contribution in [0.5, 0.6) is 0 Å². The van der Waals surface area contributed by atoms with Crippen molar-refractivity contribution in [2.24, 2.45) is 0 Å². The standard InChI is InChI=1S/C10H8F6O/c1-5(17)6-2-3-7(9(11,12)13)8(4-6)10(14,15)16/h2-5,17H,1H3. The number of rotatable bonds is 1. The number of halogens is 6. The lowest BCUT2D eigenvalue weighted by molar-refractivity contribution is -0.162. The van der Waals surface area contributed by atoms with Crippen LogP contribution >= 0.6 is 0 Å². The maximum Gasteiger partial charge on any atom is 0.417 e. The van der Waals surface area contributed by atoms with Gasteiger partial charge in [0.15, 0.2) is 0 Å². The SMILES string of the molecule is CC(O)c1ccc(C(F)(F)F)c(C(F)(F)F)c1. The fourth-order valence-corrected chi connectivity index (χ4v) is 1.30. The van der Waals surface area contributed by atoms with E-state index < -0.39 is 29.6 Å². The van der Waals surface area contributed by atoms with E-state index >= 15 is 0 Å². The van der Waals surface area contributed by atoms with Crippen molar-refractivity contribution in [1.82, 2.24) is 0 Å². The van der Waals surface area contributed by atoms with Crippen molar-refractivity contribution in [3.8, 4) is 0 Å². The molecule has 0 saturated carbocycles. The van der Waals surface area contributed by atoms with Crippen LogP contribution in [0.3, 0.4) is 0 Å². The van der Waals surface area contributed by atoms with E-state index in [0.29, 0.717) is 12.1 Å². The molecule has 0 bridgehead atoms. The summed E-state index contributed by atoms with van der Waals surface area (Å²) in [5, 5.41) is 9.06. The summed E-state index contributed by atoms with van der Waals surface area (Å²) in [5.41, 5.74) is -3.76. The third-order valence-corrected chi connectivity index (χ3v) is 2.14. The minimum atomic E-state index is -5.12. The molecule has 0 saturated heterocycles. The molecular weight excluding hydrogens is 250 g/mol. The van der Waals surface area contributed by atoms with Crippen LogP contribution in [0.25, 0.3) is 0 Å². The van der Waals surface area contributed by atoms with E-state index in [-0.39, 0.29) is 5.56 Å². The smallest absolute Gasteiger partial charge is 0.389 e. The lowest BCUT2D eigenvalue weighted by Crippen LogP contribution is -2.17. The van der Waals surface area contributed by atoms with Gasteiger partial charge in [-0.1, -0.05) is 6.07 Å². The first-order valence-corrected chi connectivity index (χ1v) is 4.50. The van der Waals surface area contributed by atoms with Gasteiger partial charge in [0, 0.05) is 0 Å². The first kappa shape index (κ1) is 13.8. The van der Waals surface area contributed by atoms with E-state index in [4.69, 9.17) is 5.11 Å². The quantitative estimate of drug-likeness (QED) is 0.760. The number of hydrogen-bond donors (Lipinski definition) is 1. The van der Waals surface area contributed by atoms with Gasteiger partial charge in [0.1, 0.15) is 0 Å². The Hall–Kier alpha value is -1.24. The minimum absolute atomic E-state index is 0.217. The highest BCUT2D eigenvalue weighted by molar-refractivity contribution is 5.36. The van der Waals surface area contributed by atoms with E-state index in [9.17, 15) is 26.3 Å². The molecule has 0 aliphatic rings. The van der Waals surface area contributed by atoms with Crippen molar-refractivity contribution in [1.29, 1.82) is 0 Å². The highest BCUT2D eigenvalue weighted by Gasteiger charge is 2.43. The van der Waals surface area contributed by atoms with E-state index in [1.54, 1.807) is 0 Å². The van der Waals surface area contributed by atoms with Crippen LogP contribution in [0.15, 0.2) is 18.2 Å². The van der Waals surface area contributed by atoms with Gasteiger partial charge in [0.2, 0.25) is 0 Å². The molecule has 1 N–H and O–H groups in total. The lowest BCUT2D eigenvalue weighted by atomic mass is 10.0. The molecule has 1 atom stereocenters. The van der Waals surface area contributed by atoms with E-state index in [0.717, 1.165) is 6.07 Å². The van der Waals surface area contributed by atoms with Crippen LogP contribution in [0, 0.1) is 0 Å². The highest BCUT2D eigenvalue weighted by Crippen LogP contribution is 2.41. The minimum Gasteiger partial charge on any atom is -0.389 e. The Labute approximate surface area is 92.7 Å². The number of hydrogen-bond acceptors (Lipinski definition) is 1. The van der Waals surface area contributed by atoms with Crippen LogP contribution in [0.4, 0.5) is 26.3 Å². The highest BCUT2D eigenvalue weighted by atomic mass is 19.4. The molecule has 0 aliphatic heterocycles. The molecule has 0 heterocycles. The number of aliphatic hydroxyl groups excluding tert-OH is 1. The van der Waals surface area contributed by atoms with Crippen molar-refractivity contribution in [2.75, 3.05) is 0 Å². The Balaban J connectivity index is 3.43. The zero-order chi connectivity index (χ0) is 13.4. The molecule has 0 aliphatic carbocycles. The molecule has 0 amide bonds. The Morgan fingerprint density at radius 2 is 1.41 bits per heavy atom. The third kappa shape index (κ3) is 3.12. The monoisotopic (exact) mass is 258 g/mol. The van der Waals surface area contributed by atoms with E-state index in [1.807, 2.05) is 0 Å². The summed E-state index contributed by atoms with van der Waals surface area (Å²) in [4.78, 5) is 0. The molecule has 7 heteroatoms. The van der Waals surface area contributed by atoms with Crippen molar-refractivity contribution in [3.05, 3.63) is 34.9 Å². The molecule has 1 nitrogen and oxygen atoms in total. The van der Waals surface area contributed by atoms with Crippen molar-refractivity contribution in [3.63, 3.8) is 0 Å². The molecule has 0 fully saturated rings. The first-order valence-electron chi connectivity index (χ1n) is 4.50. The average molecular weight is 258 g/mol. The Morgan fingerprint density at radius 3 is 1.76 bits per heavy atom. The topological polar surface area (TPSA) is 20.2 Å². The molecule has 17 heavy (non-hydrogen) atoms. The van der Waals surface area contributed by atoms with Crippen LogP contribution in [0.1, 0.15) is 29.7 Å². The van der Waals surface area contributed by atoms with Crippen LogP contribution in [-0.4, -0.2) is 5.11 Å². The summed E-state index contributed by atoms with van der Waals surface area (Å²) in [6.45, 7) is 1.17. The lowest BCUT2D eigenvalue weighted by Gasteiger charge is -2.17. The van der Waals surface area contributed by atoms with Gasteiger partial charge in [-0.3, -0.25) is 0 Å². The van der Waals surface area contributed by atoms with Gasteiger partial charge >= 0.3 is 12.4 Å². The second kappa shape index (κ2) is 4.21. The Morgan fingerprint density at radius 1 is 0.941 bits per heavy atom. The Kier molecular flexibility index (Phi) is 3.42. The summed E-state index contributed by atoms with van der Waals surface area (Å²) < 4.78 is 74.4. The van der Waals surface area contributed by atoms with Gasteiger partial charge in [0.05, 0.1) is 17.2 Å². The zero-order valence-electron chi connectivity index (χ0n) is 8.52. The number of aliphatic hydroxyl groups is 1. The van der Waals surface area contributed by atoms with Gasteiger partial charge in [-0.15, -0.1) is 0 Å². The van der Waals surface area contributed by atoms with E-state index in [2.05, 4.69) is 0 Å². The maximum atomic E-state index is 12.4. The van der Waals surface area contributed by atoms with Crippen LogP contribution in [-0.2, 0) is 12.4 Å². The number of alkyl halides is 6. The fraction of sp³-hybridized carbons (Fsp3) is 0.400. The van der Waals surface area contributed by atoms with Crippen LogP contribution in [0.2, 0.25) is 0 Å². The summed E-state index contributed by atoms with van der Waals surface area (Å²) in [6, 6.07) is 1.46. The number of benzene rings is 1. The van der Waals surface area contributed by atoms with Gasteiger partial charge < -0.3 is 5.11 Å². The molecule has 0 aromatic heterocycles. The summed E-state index contributed by atoms with van der Waals surface area (Å²) in [7, 11) is 0. The molecule has 1 aromatic carbocycles. The second-order valence-corrected chi connectivity index (χ2v) is 3.48. The maximum absolute atomic E-state index is 12.4. The fourth-order valence-electron chi connectivity index (χ4n) is 1.30.